The van der Waals surface area contributed by atoms with Crippen LogP contribution in [-0.4, -0.2) is 23.3 Å². The minimum atomic E-state index is -0.706. The van der Waals surface area contributed by atoms with Crippen molar-refractivity contribution >= 4 is 31.0 Å². The van der Waals surface area contributed by atoms with Crippen molar-refractivity contribution in [3.63, 3.8) is 0 Å². The van der Waals surface area contributed by atoms with Gasteiger partial charge in [0.1, 0.15) is 0 Å². The van der Waals surface area contributed by atoms with Gasteiger partial charge < -0.3 is 4.81 Å². The van der Waals surface area contributed by atoms with Gasteiger partial charge in [-0.05, 0) is 5.92 Å². The van der Waals surface area contributed by atoms with Crippen LogP contribution < -0.4 is 0 Å². The van der Waals surface area contributed by atoms with Gasteiger partial charge in [0.2, 0.25) is 5.91 Å². The summed E-state index contributed by atoms with van der Waals surface area (Å²) in [6.45, 7) is 2.26. The van der Waals surface area contributed by atoms with Crippen LogP contribution >= 0.6 is 12.5 Å². The molecule has 0 heterocycles. The summed E-state index contributed by atoms with van der Waals surface area (Å²) in [6.07, 6.45) is 4.74. The van der Waals surface area contributed by atoms with Gasteiger partial charge in [-0.15, -0.1) is 6.42 Å². The van der Waals surface area contributed by atoms with Gasteiger partial charge >= 0.3 is 6.69 Å². The van der Waals surface area contributed by atoms with Crippen molar-refractivity contribution in [3.8, 4) is 12.3 Å². The number of hydrogen-bond acceptors (Lipinski definition) is 3. The molecule has 3 nitrogen and oxygen atoms in total. The number of rotatable bonds is 1. The normalized spacial score (nSPS) is 7.70. The molecule has 2 amide bonds. The molecule has 0 unspecified atom stereocenters. The molecule has 0 atom stereocenters. The van der Waals surface area contributed by atoms with Crippen molar-refractivity contribution in [2.24, 2.45) is 0 Å². The lowest BCUT2D eigenvalue weighted by molar-refractivity contribution is -0.134. The van der Waals surface area contributed by atoms with Crippen molar-refractivity contribution in [1.29, 1.82) is 0 Å². The molecule has 10 heavy (non-hydrogen) atoms. The monoisotopic (exact) mass is 154 g/mol. The molecule has 0 saturated carbocycles. The van der Waals surface area contributed by atoms with Crippen LogP contribution in [0.25, 0.3) is 0 Å². The van der Waals surface area contributed by atoms with Gasteiger partial charge in [-0.2, -0.15) is 0 Å². The number of hydrogen-bond donors (Lipinski definition) is 1. The largest absolute Gasteiger partial charge is 0.335 e. The number of imide groups is 1. The molecule has 0 aliphatic carbocycles. The Balaban J connectivity index is 4.25. The van der Waals surface area contributed by atoms with Crippen LogP contribution in [0.5, 0.6) is 0 Å². The highest BCUT2D eigenvalue weighted by molar-refractivity contribution is 8.06. The Hall–Kier alpha value is -0.885. The highest BCUT2D eigenvalue weighted by Crippen LogP contribution is 1.88. The molecule has 0 fully saturated rings. The van der Waals surface area contributed by atoms with Gasteiger partial charge in [-0.1, -0.05) is 0 Å². The third-order valence-corrected chi connectivity index (χ3v) is 1.03. The van der Waals surface area contributed by atoms with Crippen LogP contribution in [0.3, 0.4) is 0 Å². The second kappa shape index (κ2) is 4.02. The topological polar surface area (TPSA) is 37.4 Å². The molecular formula is C5H5BNO2S. The lowest BCUT2D eigenvalue weighted by Gasteiger charge is -2.10. The lowest BCUT2D eigenvalue weighted by atomic mass is 10.2. The molecule has 0 rings (SSSR count). The molecule has 0 aromatic carbocycles. The highest BCUT2D eigenvalue weighted by Gasteiger charge is 2.13. The number of thiol groups is 1. The van der Waals surface area contributed by atoms with Gasteiger partial charge in [-0.25, -0.2) is 12.5 Å². The van der Waals surface area contributed by atoms with Crippen LogP contribution in [0.15, 0.2) is 0 Å². The van der Waals surface area contributed by atoms with Gasteiger partial charge in [0.15, 0.2) is 0 Å². The summed E-state index contributed by atoms with van der Waals surface area (Å²) < 4.78 is 0. The summed E-state index contributed by atoms with van der Waals surface area (Å²) in [5, 5.41) is 0. The molecule has 1 radical (unpaired) electrons. The van der Waals surface area contributed by atoms with E-state index >= 15 is 0 Å². The average Bonchev–Trinajstić information content (AvgIpc) is 1.88. The molecule has 0 aliphatic heterocycles. The number of carbonyl (C=O) groups excluding carboxylic acids is 2. The highest BCUT2D eigenvalue weighted by atomic mass is 32.1. The maximum Gasteiger partial charge on any atom is 0.335 e. The van der Waals surface area contributed by atoms with Crippen molar-refractivity contribution < 1.29 is 9.59 Å². The van der Waals surface area contributed by atoms with Gasteiger partial charge in [0.05, 0.1) is 0 Å². The Morgan fingerprint density at radius 1 is 1.70 bits per heavy atom. The molecule has 5 heteroatoms. The smallest absolute Gasteiger partial charge is 0.311 e. The lowest BCUT2D eigenvalue weighted by Crippen LogP contribution is -2.35. The zero-order valence-corrected chi connectivity index (χ0v) is 6.26. The fourth-order valence-electron chi connectivity index (χ4n) is 0.346. The van der Waals surface area contributed by atoms with E-state index in [2.05, 4.69) is 12.5 Å². The van der Waals surface area contributed by atoms with E-state index in [9.17, 15) is 9.59 Å². The second-order valence-corrected chi connectivity index (χ2v) is 1.68. The molecule has 0 saturated heterocycles. The Morgan fingerprint density at radius 2 is 2.20 bits per heavy atom. The van der Waals surface area contributed by atoms with Crippen molar-refractivity contribution in [3.05, 3.63) is 0 Å². The molecule has 0 bridgehead atoms. The third kappa shape index (κ3) is 2.15. The van der Waals surface area contributed by atoms with Gasteiger partial charge in [0, 0.05) is 6.92 Å². The Labute approximate surface area is 65.3 Å². The zero-order valence-electron chi connectivity index (χ0n) is 5.37. The maximum atomic E-state index is 10.6. The van der Waals surface area contributed by atoms with Crippen molar-refractivity contribution in [1.82, 2.24) is 4.81 Å². The summed E-state index contributed by atoms with van der Waals surface area (Å²) in [5.74, 6) is 0.631. The molecule has 0 aromatic heterocycles. The Morgan fingerprint density at radius 3 is 2.30 bits per heavy atom. The van der Waals surface area contributed by atoms with Crippen molar-refractivity contribution in [2.45, 2.75) is 6.92 Å². The molecule has 0 aromatic rings. The van der Waals surface area contributed by atoms with Crippen molar-refractivity contribution in [2.75, 3.05) is 0 Å². The predicted molar refractivity (Wildman–Crippen MR) is 41.1 cm³/mol. The maximum absolute atomic E-state index is 10.6. The summed E-state index contributed by atoms with van der Waals surface area (Å²) in [4.78, 5) is 21.8. The fraction of sp³-hybridized carbons (Fsp3) is 0.200. The first-order valence-corrected chi connectivity index (χ1v) is 2.93. The summed E-state index contributed by atoms with van der Waals surface area (Å²) >= 11 is 3.61. The molecule has 0 N–H and O–H groups in total. The van der Waals surface area contributed by atoms with E-state index in [0.717, 1.165) is 11.5 Å². The van der Waals surface area contributed by atoms with Crippen LogP contribution in [0, 0.1) is 12.3 Å². The predicted octanol–water partition coefficient (Wildman–Crippen LogP) is -0.541. The quantitative estimate of drug-likeness (QED) is 0.313. The molecule has 51 valence electrons. The summed E-state index contributed by atoms with van der Waals surface area (Å²) in [7, 11) is 0. The van der Waals surface area contributed by atoms with Gasteiger partial charge in [-0.3, -0.25) is 9.59 Å². The van der Waals surface area contributed by atoms with Crippen LogP contribution in [0.2, 0.25) is 0 Å². The Kier molecular flexibility index (Phi) is 3.66. The first-order valence-electron chi connectivity index (χ1n) is 2.41. The van der Waals surface area contributed by atoms with Crippen LogP contribution in [0.4, 0.5) is 0 Å². The third-order valence-electron chi connectivity index (χ3n) is 0.797. The SMILES string of the molecule is C#CC(=O)N([B]S)C(C)=O. The van der Waals surface area contributed by atoms with E-state index in [1.54, 1.807) is 5.92 Å². The van der Waals surface area contributed by atoms with Crippen LogP contribution in [0.1, 0.15) is 6.92 Å². The first kappa shape index (κ1) is 9.11. The average molecular weight is 154 g/mol. The van der Waals surface area contributed by atoms with Crippen LogP contribution in [-0.2, 0) is 9.59 Å². The van der Waals surface area contributed by atoms with E-state index in [1.807, 2.05) is 0 Å². The summed E-state index contributed by atoms with van der Waals surface area (Å²) in [6, 6.07) is 0. The number of nitrogens with zero attached hydrogens (tertiary/aromatic N) is 1. The van der Waals surface area contributed by atoms with E-state index in [4.69, 9.17) is 6.42 Å². The first-order chi connectivity index (χ1) is 4.63. The molecular weight excluding hydrogens is 149 g/mol. The fourth-order valence-corrected chi connectivity index (χ4v) is 0.614. The second-order valence-electron chi connectivity index (χ2n) is 1.45. The van der Waals surface area contributed by atoms with Gasteiger partial charge in [0.25, 0.3) is 5.91 Å². The number of amides is 2. The minimum Gasteiger partial charge on any atom is -0.311 e. The van der Waals surface area contributed by atoms with E-state index < -0.39 is 11.8 Å². The number of terminal acetylenes is 1. The van der Waals surface area contributed by atoms with E-state index in [0.29, 0.717) is 0 Å². The molecule has 0 spiro atoms. The Bertz CT molecular complexity index is 198. The standard InChI is InChI=1S/C5H5BNO2S/c1-3-5(9)7(6-10)4(2)8/h1,10H,2H3. The molecule has 0 aliphatic rings. The zero-order chi connectivity index (χ0) is 8.15. The number of carbonyl (C=O) groups is 2. The van der Waals surface area contributed by atoms with E-state index in [1.165, 1.54) is 6.92 Å². The minimum absolute atomic E-state index is 0.446. The summed E-state index contributed by atoms with van der Waals surface area (Å²) in [5.41, 5.74) is 0. The van der Waals surface area contributed by atoms with E-state index in [-0.39, 0.29) is 0 Å².